The van der Waals surface area contributed by atoms with Crippen molar-refractivity contribution in [2.45, 2.75) is 50.7 Å². The summed E-state index contributed by atoms with van der Waals surface area (Å²) in [4.78, 5) is 4.02. The van der Waals surface area contributed by atoms with Crippen molar-refractivity contribution in [1.29, 1.82) is 0 Å². The van der Waals surface area contributed by atoms with Gasteiger partial charge in [-0.3, -0.25) is 0 Å². The van der Waals surface area contributed by atoms with E-state index in [0.29, 0.717) is 23.5 Å². The molecule has 146 valence electrons. The van der Waals surface area contributed by atoms with Crippen LogP contribution in [0.1, 0.15) is 38.5 Å². The number of aliphatic hydroxyl groups excluding tert-OH is 1. The molecule has 5 nitrogen and oxygen atoms in total. The van der Waals surface area contributed by atoms with E-state index in [1.165, 1.54) is 25.7 Å². The molecule has 1 saturated heterocycles. The number of nitrogens with zero attached hydrogens (tertiary/aromatic N) is 1. The zero-order valence-corrected chi connectivity index (χ0v) is 16.3. The van der Waals surface area contributed by atoms with Gasteiger partial charge in [0.1, 0.15) is 5.82 Å². The number of aliphatic hydroxyl groups is 1. The first-order valence-electron chi connectivity index (χ1n) is 9.66. The molecule has 0 spiro atoms. The number of hydrogen-bond acceptors (Lipinski definition) is 5. The summed E-state index contributed by atoms with van der Waals surface area (Å²) in [7, 11) is 0. The number of pyridine rings is 1. The average molecular weight is 390 g/mol. The van der Waals surface area contributed by atoms with Crippen LogP contribution in [-0.2, 0) is 4.74 Å². The topological polar surface area (TPSA) is 80.4 Å². The fourth-order valence-electron chi connectivity index (χ4n) is 3.52. The first kappa shape index (κ1) is 19.9. The van der Waals surface area contributed by atoms with Crippen molar-refractivity contribution in [2.24, 2.45) is 0 Å². The van der Waals surface area contributed by atoms with Crippen LogP contribution in [-0.4, -0.2) is 35.5 Å². The molecule has 2 aliphatic rings. The van der Waals surface area contributed by atoms with Crippen LogP contribution in [0, 0.1) is 0 Å². The highest BCUT2D eigenvalue weighted by atomic mass is 35.5. The number of ether oxygens (including phenoxy) is 1. The van der Waals surface area contributed by atoms with E-state index in [-0.39, 0.29) is 6.10 Å². The van der Waals surface area contributed by atoms with Crippen molar-refractivity contribution in [1.82, 2.24) is 4.98 Å². The minimum atomic E-state index is -0.186. The van der Waals surface area contributed by atoms with Crippen molar-refractivity contribution in [3.05, 3.63) is 41.6 Å². The second kappa shape index (κ2) is 9.93. The van der Waals surface area contributed by atoms with Crippen LogP contribution in [0.25, 0.3) is 11.1 Å². The average Bonchev–Trinajstić information content (AvgIpc) is 3.19. The SMILES string of the molecule is Nc1cc(-c2ccccc2NC2CCCC2)c(Cl)cn1.OC1CCCOC1. The second-order valence-corrected chi connectivity index (χ2v) is 7.54. The van der Waals surface area contributed by atoms with E-state index in [1.54, 1.807) is 6.20 Å². The van der Waals surface area contributed by atoms with Gasteiger partial charge in [0.25, 0.3) is 0 Å². The van der Waals surface area contributed by atoms with E-state index < -0.39 is 0 Å². The summed E-state index contributed by atoms with van der Waals surface area (Å²) in [6.45, 7) is 1.37. The summed E-state index contributed by atoms with van der Waals surface area (Å²) >= 11 is 6.27. The predicted octanol–water partition coefficient (Wildman–Crippen LogP) is 4.50. The second-order valence-electron chi connectivity index (χ2n) is 7.13. The zero-order valence-electron chi connectivity index (χ0n) is 15.5. The summed E-state index contributed by atoms with van der Waals surface area (Å²) in [5.41, 5.74) is 8.92. The Labute approximate surface area is 165 Å². The quantitative estimate of drug-likeness (QED) is 0.720. The van der Waals surface area contributed by atoms with Gasteiger partial charge in [0.05, 0.1) is 17.7 Å². The molecule has 1 aromatic carbocycles. The number of nitrogens with two attached hydrogens (primary N) is 1. The number of nitrogen functional groups attached to an aromatic ring is 1. The van der Waals surface area contributed by atoms with Crippen LogP contribution in [0.3, 0.4) is 0 Å². The number of nitrogens with one attached hydrogen (secondary N) is 1. The van der Waals surface area contributed by atoms with Crippen LogP contribution in [0.2, 0.25) is 5.02 Å². The van der Waals surface area contributed by atoms with E-state index in [1.807, 2.05) is 18.2 Å². The molecule has 1 aliphatic carbocycles. The van der Waals surface area contributed by atoms with Crippen LogP contribution in [0.4, 0.5) is 11.5 Å². The third-order valence-corrected chi connectivity index (χ3v) is 5.25. The van der Waals surface area contributed by atoms with Crippen molar-refractivity contribution in [3.63, 3.8) is 0 Å². The highest BCUT2D eigenvalue weighted by Gasteiger charge is 2.17. The monoisotopic (exact) mass is 389 g/mol. The van der Waals surface area contributed by atoms with E-state index >= 15 is 0 Å². The lowest BCUT2D eigenvalue weighted by atomic mass is 10.0. The highest BCUT2D eigenvalue weighted by molar-refractivity contribution is 6.33. The largest absolute Gasteiger partial charge is 0.391 e. The lowest BCUT2D eigenvalue weighted by Gasteiger charge is -2.18. The van der Waals surface area contributed by atoms with Crippen LogP contribution < -0.4 is 11.1 Å². The molecule has 2 fully saturated rings. The maximum atomic E-state index is 8.78. The Balaban J connectivity index is 0.000000253. The number of halogens is 1. The third kappa shape index (κ3) is 5.83. The van der Waals surface area contributed by atoms with Crippen molar-refractivity contribution in [2.75, 3.05) is 24.3 Å². The predicted molar refractivity (Wildman–Crippen MR) is 111 cm³/mol. The number of para-hydroxylation sites is 1. The minimum Gasteiger partial charge on any atom is -0.391 e. The van der Waals surface area contributed by atoms with Gasteiger partial charge in [0.15, 0.2) is 0 Å². The van der Waals surface area contributed by atoms with Gasteiger partial charge in [0, 0.05) is 35.7 Å². The molecule has 0 bridgehead atoms. The van der Waals surface area contributed by atoms with E-state index in [4.69, 9.17) is 27.2 Å². The summed E-state index contributed by atoms with van der Waals surface area (Å²) in [5, 5.41) is 13.0. The fraction of sp³-hybridized carbons (Fsp3) is 0.476. The van der Waals surface area contributed by atoms with Gasteiger partial charge in [-0.1, -0.05) is 42.6 Å². The van der Waals surface area contributed by atoms with Crippen LogP contribution in [0.15, 0.2) is 36.5 Å². The summed E-state index contributed by atoms with van der Waals surface area (Å²) in [6.07, 6.45) is 8.45. The summed E-state index contributed by atoms with van der Waals surface area (Å²) < 4.78 is 4.93. The minimum absolute atomic E-state index is 0.186. The number of benzene rings is 1. The molecule has 4 N–H and O–H groups in total. The molecule has 2 heterocycles. The third-order valence-electron chi connectivity index (χ3n) is 4.94. The highest BCUT2D eigenvalue weighted by Crippen LogP contribution is 2.35. The molecule has 0 amide bonds. The van der Waals surface area contributed by atoms with Crippen molar-refractivity contribution >= 4 is 23.1 Å². The Bertz CT molecular complexity index is 729. The fourth-order valence-corrected chi connectivity index (χ4v) is 3.72. The first-order valence-corrected chi connectivity index (χ1v) is 10.0. The Kier molecular flexibility index (Phi) is 7.33. The summed E-state index contributed by atoms with van der Waals surface area (Å²) in [6, 6.07) is 10.6. The molecule has 1 aliphatic heterocycles. The van der Waals surface area contributed by atoms with E-state index in [9.17, 15) is 0 Å². The number of anilines is 2. The van der Waals surface area contributed by atoms with Gasteiger partial charge in [-0.2, -0.15) is 0 Å². The Morgan fingerprint density at radius 3 is 2.56 bits per heavy atom. The maximum absolute atomic E-state index is 8.78. The van der Waals surface area contributed by atoms with Gasteiger partial charge in [-0.05, 0) is 37.8 Å². The van der Waals surface area contributed by atoms with E-state index in [0.717, 1.165) is 36.3 Å². The Hall–Kier alpha value is -1.82. The van der Waals surface area contributed by atoms with Gasteiger partial charge >= 0.3 is 0 Å². The normalized spacial score (nSPS) is 20.0. The lowest BCUT2D eigenvalue weighted by Crippen LogP contribution is -2.21. The van der Waals surface area contributed by atoms with Gasteiger partial charge in [-0.25, -0.2) is 4.98 Å². The number of hydrogen-bond donors (Lipinski definition) is 3. The zero-order chi connectivity index (χ0) is 19.1. The first-order chi connectivity index (χ1) is 13.1. The standard InChI is InChI=1S/C16H18ClN3.C5H10O2/c17-14-10-19-16(18)9-13(14)12-7-3-4-8-15(12)20-11-5-1-2-6-11;6-5-2-1-3-7-4-5/h3-4,7-11,20H,1-2,5-6H2,(H2,18,19);5-6H,1-4H2. The van der Waals surface area contributed by atoms with Crippen LogP contribution >= 0.6 is 11.6 Å². The summed E-state index contributed by atoms with van der Waals surface area (Å²) in [5.74, 6) is 0.486. The molecule has 1 unspecified atom stereocenters. The van der Waals surface area contributed by atoms with Gasteiger partial charge in [0.2, 0.25) is 0 Å². The van der Waals surface area contributed by atoms with Gasteiger partial charge in [-0.15, -0.1) is 0 Å². The molecule has 1 atom stereocenters. The molecule has 6 heteroatoms. The number of aromatic nitrogens is 1. The van der Waals surface area contributed by atoms with Crippen molar-refractivity contribution in [3.8, 4) is 11.1 Å². The smallest absolute Gasteiger partial charge is 0.124 e. The molecule has 1 aromatic heterocycles. The molecule has 2 aromatic rings. The number of rotatable bonds is 3. The van der Waals surface area contributed by atoms with Crippen LogP contribution in [0.5, 0.6) is 0 Å². The molecular formula is C21H28ClN3O2. The Morgan fingerprint density at radius 2 is 1.89 bits per heavy atom. The Morgan fingerprint density at radius 1 is 1.11 bits per heavy atom. The molecule has 1 saturated carbocycles. The van der Waals surface area contributed by atoms with Crippen molar-refractivity contribution < 1.29 is 9.84 Å². The van der Waals surface area contributed by atoms with Gasteiger partial charge < -0.3 is 20.9 Å². The molecule has 0 radical (unpaired) electrons. The molecule has 4 rings (SSSR count). The molecule has 27 heavy (non-hydrogen) atoms. The molecular weight excluding hydrogens is 362 g/mol. The maximum Gasteiger partial charge on any atom is 0.124 e. The van der Waals surface area contributed by atoms with E-state index in [2.05, 4.69) is 22.4 Å². The lowest BCUT2D eigenvalue weighted by molar-refractivity contribution is -0.00535.